The smallest absolute Gasteiger partial charge is 0.376 e. The zero-order chi connectivity index (χ0) is 18.5. The number of halogens is 3. The highest BCUT2D eigenvalue weighted by atomic mass is 32.2. The Balaban J connectivity index is 2.09. The molecule has 0 saturated heterocycles. The van der Waals surface area contributed by atoms with Crippen LogP contribution in [-0.2, 0) is 16.5 Å². The molecule has 7 heteroatoms. The summed E-state index contributed by atoms with van der Waals surface area (Å²) in [5.74, 6) is 5.36. The first-order valence-electron chi connectivity index (χ1n) is 7.43. The van der Waals surface area contributed by atoms with Gasteiger partial charge in [0.15, 0.2) is 0 Å². The van der Waals surface area contributed by atoms with E-state index >= 15 is 0 Å². The minimum absolute atomic E-state index is 0.424. The van der Waals surface area contributed by atoms with Crippen LogP contribution in [-0.4, -0.2) is 13.9 Å². The molecule has 0 N–H and O–H groups in total. The van der Waals surface area contributed by atoms with Crippen LogP contribution < -0.4 is 4.18 Å². The minimum Gasteiger partial charge on any atom is -0.376 e. The van der Waals surface area contributed by atoms with Crippen LogP contribution in [0.15, 0.2) is 48.5 Å². The zero-order valence-corrected chi connectivity index (χ0v) is 14.1. The predicted molar refractivity (Wildman–Crippen MR) is 88.5 cm³/mol. The van der Waals surface area contributed by atoms with Gasteiger partial charge in [0.1, 0.15) is 5.75 Å². The molecule has 0 atom stereocenters. The second-order valence-corrected chi connectivity index (χ2v) is 6.74. The Bertz CT molecular complexity index is 872. The molecule has 0 heterocycles. The summed E-state index contributed by atoms with van der Waals surface area (Å²) in [6, 6.07) is 12.8. The molecule has 2 aromatic rings. The van der Waals surface area contributed by atoms with E-state index < -0.39 is 21.4 Å². The number of benzene rings is 2. The average molecular weight is 368 g/mol. The summed E-state index contributed by atoms with van der Waals surface area (Å²) in [5, 5.41) is 0. The van der Waals surface area contributed by atoms with Gasteiger partial charge in [0, 0.05) is 11.1 Å². The van der Waals surface area contributed by atoms with E-state index in [1.54, 1.807) is 0 Å². The Kier molecular flexibility index (Phi) is 5.75. The molecule has 25 heavy (non-hydrogen) atoms. The monoisotopic (exact) mass is 368 g/mol. The van der Waals surface area contributed by atoms with Crippen LogP contribution in [0.1, 0.15) is 30.0 Å². The van der Waals surface area contributed by atoms with Gasteiger partial charge in [-0.25, -0.2) is 0 Å². The van der Waals surface area contributed by atoms with E-state index in [0.29, 0.717) is 5.56 Å². The number of aryl methyl sites for hydroxylation is 1. The summed E-state index contributed by atoms with van der Waals surface area (Å²) < 4.78 is 62.6. The first-order chi connectivity index (χ1) is 11.7. The van der Waals surface area contributed by atoms with E-state index in [1.807, 2.05) is 24.3 Å². The van der Waals surface area contributed by atoms with E-state index in [9.17, 15) is 21.6 Å². The van der Waals surface area contributed by atoms with Crippen molar-refractivity contribution < 1.29 is 25.8 Å². The van der Waals surface area contributed by atoms with Gasteiger partial charge in [-0.05, 0) is 48.4 Å². The van der Waals surface area contributed by atoms with Crippen molar-refractivity contribution in [2.24, 2.45) is 0 Å². The maximum Gasteiger partial charge on any atom is 0.534 e. The zero-order valence-electron chi connectivity index (χ0n) is 13.3. The highest BCUT2D eigenvalue weighted by Crippen LogP contribution is 2.26. The van der Waals surface area contributed by atoms with Gasteiger partial charge in [-0.3, -0.25) is 0 Å². The molecule has 0 bridgehead atoms. The topological polar surface area (TPSA) is 43.4 Å². The van der Waals surface area contributed by atoms with Gasteiger partial charge in [0.25, 0.3) is 0 Å². The number of rotatable bonds is 4. The summed E-state index contributed by atoms with van der Waals surface area (Å²) in [6.07, 6.45) is 2.06. The van der Waals surface area contributed by atoms with Crippen molar-refractivity contribution in [2.75, 3.05) is 0 Å². The van der Waals surface area contributed by atoms with Crippen LogP contribution in [0, 0.1) is 11.8 Å². The highest BCUT2D eigenvalue weighted by molar-refractivity contribution is 7.88. The van der Waals surface area contributed by atoms with Crippen molar-refractivity contribution in [3.63, 3.8) is 0 Å². The molecule has 2 rings (SSSR count). The van der Waals surface area contributed by atoms with E-state index in [0.717, 1.165) is 30.5 Å². The molecule has 132 valence electrons. The maximum absolute atomic E-state index is 12.2. The maximum atomic E-state index is 12.2. The second kappa shape index (κ2) is 7.62. The normalized spacial score (nSPS) is 11.5. The fraction of sp³-hybridized carbons (Fsp3) is 0.222. The Labute approximate surface area is 144 Å². The third-order valence-corrected chi connectivity index (χ3v) is 4.17. The molecule has 2 aromatic carbocycles. The van der Waals surface area contributed by atoms with Gasteiger partial charge in [0.05, 0.1) is 0 Å². The molecule has 3 nitrogen and oxygen atoms in total. The lowest BCUT2D eigenvalue weighted by Crippen LogP contribution is -2.28. The fourth-order valence-electron chi connectivity index (χ4n) is 1.96. The SMILES string of the molecule is CCCc1ccc(C#Cc2ccc(OS(=O)(=O)C(F)(F)F)cc2)cc1. The molecule has 0 fully saturated rings. The van der Waals surface area contributed by atoms with Gasteiger partial charge in [-0.15, -0.1) is 0 Å². The van der Waals surface area contributed by atoms with Crippen LogP contribution in [0.3, 0.4) is 0 Å². The lowest BCUT2D eigenvalue weighted by molar-refractivity contribution is -0.0500. The standard InChI is InChI=1S/C18H15F3O3S/c1-2-3-14-4-6-15(7-5-14)8-9-16-10-12-17(13-11-16)24-25(22,23)18(19,20)21/h4-7,10-13H,2-3H2,1H3. The van der Waals surface area contributed by atoms with Gasteiger partial charge >= 0.3 is 15.6 Å². The van der Waals surface area contributed by atoms with Crippen LogP contribution in [0.4, 0.5) is 13.2 Å². The van der Waals surface area contributed by atoms with Crippen molar-refractivity contribution in [3.8, 4) is 17.6 Å². The number of hydrogen-bond acceptors (Lipinski definition) is 3. The minimum atomic E-state index is -5.66. The van der Waals surface area contributed by atoms with Crippen LogP contribution in [0.25, 0.3) is 0 Å². The molecule has 0 aliphatic rings. The fourth-order valence-corrected chi connectivity index (χ4v) is 2.41. The van der Waals surface area contributed by atoms with Crippen molar-refractivity contribution in [2.45, 2.75) is 25.3 Å². The highest BCUT2D eigenvalue weighted by Gasteiger charge is 2.48. The Morgan fingerprint density at radius 2 is 1.40 bits per heavy atom. The van der Waals surface area contributed by atoms with Crippen molar-refractivity contribution in [3.05, 3.63) is 65.2 Å². The molecule has 0 aromatic heterocycles. The summed E-state index contributed by atoms with van der Waals surface area (Å²) >= 11 is 0. The molecule has 0 amide bonds. The third-order valence-electron chi connectivity index (χ3n) is 3.19. The van der Waals surface area contributed by atoms with Crippen LogP contribution in [0.2, 0.25) is 0 Å². The molecule has 0 aliphatic heterocycles. The molecular weight excluding hydrogens is 353 g/mol. The largest absolute Gasteiger partial charge is 0.534 e. The molecule has 0 unspecified atom stereocenters. The first kappa shape index (κ1) is 18.9. The van der Waals surface area contributed by atoms with Crippen molar-refractivity contribution in [1.29, 1.82) is 0 Å². The summed E-state index contributed by atoms with van der Waals surface area (Å²) in [4.78, 5) is 0. The number of alkyl halides is 3. The van der Waals surface area contributed by atoms with Gasteiger partial charge < -0.3 is 4.18 Å². The predicted octanol–water partition coefficient (Wildman–Crippen LogP) is 4.27. The summed E-state index contributed by atoms with van der Waals surface area (Å²) in [7, 11) is -5.66. The van der Waals surface area contributed by atoms with Gasteiger partial charge in [-0.2, -0.15) is 21.6 Å². The quantitative estimate of drug-likeness (QED) is 0.460. The van der Waals surface area contributed by atoms with Crippen molar-refractivity contribution in [1.82, 2.24) is 0 Å². The van der Waals surface area contributed by atoms with Crippen molar-refractivity contribution >= 4 is 10.1 Å². The Hall–Kier alpha value is -2.46. The summed E-state index contributed by atoms with van der Waals surface area (Å²) in [6.45, 7) is 2.10. The molecule has 0 radical (unpaired) electrons. The van der Waals surface area contributed by atoms with E-state index in [1.165, 1.54) is 17.7 Å². The Morgan fingerprint density at radius 3 is 1.84 bits per heavy atom. The second-order valence-electron chi connectivity index (χ2n) is 5.20. The Morgan fingerprint density at radius 1 is 0.920 bits per heavy atom. The molecule has 0 aliphatic carbocycles. The van der Waals surface area contributed by atoms with Crippen LogP contribution in [0.5, 0.6) is 5.75 Å². The van der Waals surface area contributed by atoms with Gasteiger partial charge in [-0.1, -0.05) is 37.3 Å². The molecular formula is C18H15F3O3S. The lowest BCUT2D eigenvalue weighted by Gasteiger charge is -2.09. The average Bonchev–Trinajstić information content (AvgIpc) is 2.54. The molecule has 0 spiro atoms. The van der Waals surface area contributed by atoms with E-state index in [4.69, 9.17) is 0 Å². The van der Waals surface area contributed by atoms with Crippen LogP contribution >= 0.6 is 0 Å². The lowest BCUT2D eigenvalue weighted by atomic mass is 10.1. The van der Waals surface area contributed by atoms with E-state index in [2.05, 4.69) is 22.9 Å². The van der Waals surface area contributed by atoms with E-state index in [-0.39, 0.29) is 0 Å². The third kappa shape index (κ3) is 5.26. The molecule has 0 saturated carbocycles. The van der Waals surface area contributed by atoms with Gasteiger partial charge in [0.2, 0.25) is 0 Å². The first-order valence-corrected chi connectivity index (χ1v) is 8.84. The number of hydrogen-bond donors (Lipinski definition) is 0. The summed E-state index contributed by atoms with van der Waals surface area (Å²) in [5.41, 5.74) is -2.91.